The Balaban J connectivity index is 2.89. The predicted molar refractivity (Wildman–Crippen MR) is 67.6 cm³/mol. The summed E-state index contributed by atoms with van der Waals surface area (Å²) in [6.45, 7) is 2.82. The van der Waals surface area contributed by atoms with Crippen molar-refractivity contribution in [3.63, 3.8) is 0 Å². The molecule has 0 aliphatic heterocycles. The van der Waals surface area contributed by atoms with Crippen LogP contribution in [0.2, 0.25) is 0 Å². The Labute approximate surface area is 97.8 Å². The van der Waals surface area contributed by atoms with Gasteiger partial charge in [-0.15, -0.1) is 0 Å². The van der Waals surface area contributed by atoms with Crippen LogP contribution in [-0.2, 0) is 6.42 Å². The van der Waals surface area contributed by atoms with Gasteiger partial charge in [0.15, 0.2) is 0 Å². The summed E-state index contributed by atoms with van der Waals surface area (Å²) in [6, 6.07) is 6.24. The molecule has 0 heterocycles. The highest BCUT2D eigenvalue weighted by Gasteiger charge is 2.11. The molecule has 4 N–H and O–H groups in total. The van der Waals surface area contributed by atoms with Gasteiger partial charge in [0, 0.05) is 11.6 Å². The van der Waals surface area contributed by atoms with Gasteiger partial charge in [0.05, 0.1) is 7.11 Å². The van der Waals surface area contributed by atoms with E-state index in [0.29, 0.717) is 6.54 Å². The lowest BCUT2D eigenvalue weighted by Gasteiger charge is -2.16. The summed E-state index contributed by atoms with van der Waals surface area (Å²) in [4.78, 5) is 0. The second-order valence-electron chi connectivity index (χ2n) is 3.97. The molecule has 0 saturated carbocycles. The maximum atomic E-state index is 6.15. The lowest BCUT2D eigenvalue weighted by atomic mass is 9.98. The number of ether oxygens (including phenoxy) is 1. The standard InChI is InChI=1S/C13H22N2O/c1-3-10-6-7-13(16-2)11(9-10)12(15)5-4-8-14/h6-7,9,12H,3-5,8,14-15H2,1-2H3. The van der Waals surface area contributed by atoms with E-state index in [2.05, 4.69) is 19.1 Å². The highest BCUT2D eigenvalue weighted by atomic mass is 16.5. The molecule has 0 bridgehead atoms. The van der Waals surface area contributed by atoms with Crippen molar-refractivity contribution in [2.24, 2.45) is 11.5 Å². The Hall–Kier alpha value is -1.06. The zero-order valence-electron chi connectivity index (χ0n) is 10.2. The zero-order chi connectivity index (χ0) is 12.0. The van der Waals surface area contributed by atoms with Gasteiger partial charge in [0.2, 0.25) is 0 Å². The predicted octanol–water partition coefficient (Wildman–Crippen LogP) is 2.00. The number of hydrogen-bond donors (Lipinski definition) is 2. The first-order chi connectivity index (χ1) is 7.72. The van der Waals surface area contributed by atoms with E-state index < -0.39 is 0 Å². The van der Waals surface area contributed by atoms with Gasteiger partial charge in [-0.1, -0.05) is 19.1 Å². The smallest absolute Gasteiger partial charge is 0.123 e. The molecule has 0 spiro atoms. The average Bonchev–Trinajstić information content (AvgIpc) is 2.35. The highest BCUT2D eigenvalue weighted by Crippen LogP contribution is 2.27. The van der Waals surface area contributed by atoms with E-state index in [1.54, 1.807) is 7.11 Å². The van der Waals surface area contributed by atoms with Crippen LogP contribution in [0.4, 0.5) is 0 Å². The van der Waals surface area contributed by atoms with Gasteiger partial charge >= 0.3 is 0 Å². The largest absolute Gasteiger partial charge is 0.496 e. The molecule has 0 radical (unpaired) electrons. The summed E-state index contributed by atoms with van der Waals surface area (Å²) in [7, 11) is 1.68. The fraction of sp³-hybridized carbons (Fsp3) is 0.538. The average molecular weight is 222 g/mol. The van der Waals surface area contributed by atoms with Crippen LogP contribution in [0.3, 0.4) is 0 Å². The highest BCUT2D eigenvalue weighted by molar-refractivity contribution is 5.39. The fourth-order valence-electron chi connectivity index (χ4n) is 1.79. The molecule has 1 rings (SSSR count). The summed E-state index contributed by atoms with van der Waals surface area (Å²) in [6.07, 6.45) is 2.86. The minimum Gasteiger partial charge on any atom is -0.496 e. The monoisotopic (exact) mass is 222 g/mol. The van der Waals surface area contributed by atoms with Crippen molar-refractivity contribution >= 4 is 0 Å². The molecule has 1 atom stereocenters. The number of benzene rings is 1. The van der Waals surface area contributed by atoms with Crippen LogP contribution in [0.25, 0.3) is 0 Å². The molecule has 90 valence electrons. The first kappa shape index (κ1) is 13.0. The summed E-state index contributed by atoms with van der Waals surface area (Å²) in [5.74, 6) is 0.877. The Kier molecular flexibility index (Phi) is 5.29. The van der Waals surface area contributed by atoms with Gasteiger partial charge in [-0.2, -0.15) is 0 Å². The third-order valence-electron chi connectivity index (χ3n) is 2.82. The molecular formula is C13H22N2O. The van der Waals surface area contributed by atoms with Crippen molar-refractivity contribution in [3.8, 4) is 5.75 Å². The van der Waals surface area contributed by atoms with Gasteiger partial charge < -0.3 is 16.2 Å². The summed E-state index contributed by atoms with van der Waals surface area (Å²) >= 11 is 0. The number of nitrogens with two attached hydrogens (primary N) is 2. The van der Waals surface area contributed by atoms with E-state index in [0.717, 1.165) is 30.6 Å². The van der Waals surface area contributed by atoms with Gasteiger partial charge in [-0.3, -0.25) is 0 Å². The van der Waals surface area contributed by atoms with Crippen LogP contribution in [0.1, 0.15) is 36.9 Å². The summed E-state index contributed by atoms with van der Waals surface area (Å²) in [5, 5.41) is 0. The summed E-state index contributed by atoms with van der Waals surface area (Å²) in [5.41, 5.74) is 14.0. The Morgan fingerprint density at radius 1 is 1.38 bits per heavy atom. The van der Waals surface area contributed by atoms with E-state index in [1.165, 1.54) is 5.56 Å². The van der Waals surface area contributed by atoms with Gasteiger partial charge in [-0.25, -0.2) is 0 Å². The van der Waals surface area contributed by atoms with Crippen molar-refractivity contribution in [1.29, 1.82) is 0 Å². The van der Waals surface area contributed by atoms with E-state index in [1.807, 2.05) is 6.07 Å². The van der Waals surface area contributed by atoms with E-state index in [9.17, 15) is 0 Å². The first-order valence-corrected chi connectivity index (χ1v) is 5.85. The molecule has 1 unspecified atom stereocenters. The van der Waals surface area contributed by atoms with Crippen LogP contribution in [-0.4, -0.2) is 13.7 Å². The molecule has 0 aliphatic rings. The van der Waals surface area contributed by atoms with Crippen molar-refractivity contribution in [2.45, 2.75) is 32.2 Å². The van der Waals surface area contributed by atoms with Crippen molar-refractivity contribution in [1.82, 2.24) is 0 Å². The third kappa shape index (κ3) is 3.22. The third-order valence-corrected chi connectivity index (χ3v) is 2.82. The molecule has 3 heteroatoms. The molecule has 0 amide bonds. The molecule has 0 saturated heterocycles. The number of aryl methyl sites for hydroxylation is 1. The fourth-order valence-corrected chi connectivity index (χ4v) is 1.79. The lowest BCUT2D eigenvalue weighted by Crippen LogP contribution is -2.14. The topological polar surface area (TPSA) is 61.3 Å². The normalized spacial score (nSPS) is 12.5. The minimum atomic E-state index is 0.0185. The van der Waals surface area contributed by atoms with Crippen molar-refractivity contribution < 1.29 is 4.74 Å². The maximum Gasteiger partial charge on any atom is 0.123 e. The number of hydrogen-bond acceptors (Lipinski definition) is 3. The van der Waals surface area contributed by atoms with E-state index in [4.69, 9.17) is 16.2 Å². The first-order valence-electron chi connectivity index (χ1n) is 5.85. The van der Waals surface area contributed by atoms with E-state index >= 15 is 0 Å². The minimum absolute atomic E-state index is 0.0185. The second kappa shape index (κ2) is 6.51. The molecule has 0 aromatic heterocycles. The van der Waals surface area contributed by atoms with Crippen LogP contribution in [0.5, 0.6) is 5.75 Å². The number of methoxy groups -OCH3 is 1. The molecule has 1 aromatic rings. The van der Waals surface area contributed by atoms with Crippen LogP contribution < -0.4 is 16.2 Å². The number of rotatable bonds is 6. The zero-order valence-corrected chi connectivity index (χ0v) is 10.2. The Bertz CT molecular complexity index is 326. The molecular weight excluding hydrogens is 200 g/mol. The second-order valence-corrected chi connectivity index (χ2v) is 3.97. The molecule has 0 fully saturated rings. The molecule has 3 nitrogen and oxygen atoms in total. The van der Waals surface area contributed by atoms with Crippen molar-refractivity contribution in [3.05, 3.63) is 29.3 Å². The van der Waals surface area contributed by atoms with Gasteiger partial charge in [0.1, 0.15) is 5.75 Å². The SMILES string of the molecule is CCc1ccc(OC)c(C(N)CCCN)c1. The van der Waals surface area contributed by atoms with Crippen LogP contribution in [0, 0.1) is 0 Å². The quantitative estimate of drug-likeness (QED) is 0.774. The van der Waals surface area contributed by atoms with Gasteiger partial charge in [0.25, 0.3) is 0 Å². The van der Waals surface area contributed by atoms with E-state index in [-0.39, 0.29) is 6.04 Å². The van der Waals surface area contributed by atoms with Crippen LogP contribution >= 0.6 is 0 Å². The maximum absolute atomic E-state index is 6.15. The molecule has 1 aromatic carbocycles. The molecule has 16 heavy (non-hydrogen) atoms. The molecule has 0 aliphatic carbocycles. The summed E-state index contributed by atoms with van der Waals surface area (Å²) < 4.78 is 5.33. The van der Waals surface area contributed by atoms with Gasteiger partial charge in [-0.05, 0) is 37.4 Å². The Morgan fingerprint density at radius 2 is 2.12 bits per heavy atom. The Morgan fingerprint density at radius 3 is 2.69 bits per heavy atom. The van der Waals surface area contributed by atoms with Crippen molar-refractivity contribution in [2.75, 3.05) is 13.7 Å². The van der Waals surface area contributed by atoms with Crippen LogP contribution in [0.15, 0.2) is 18.2 Å². The lowest BCUT2D eigenvalue weighted by molar-refractivity contribution is 0.403.